The third-order valence-corrected chi connectivity index (χ3v) is 5.59. The molecule has 5 nitrogen and oxygen atoms in total. The number of aromatic nitrogens is 1. The lowest BCUT2D eigenvalue weighted by atomic mass is 10.1. The summed E-state index contributed by atoms with van der Waals surface area (Å²) in [7, 11) is 0. The molecule has 0 spiro atoms. The zero-order chi connectivity index (χ0) is 20.2. The molecular weight excluding hydrogens is 400 g/mol. The summed E-state index contributed by atoms with van der Waals surface area (Å²) < 4.78 is 11.7. The third-order valence-electron chi connectivity index (χ3n) is 5.59. The predicted molar refractivity (Wildman–Crippen MR) is 122 cm³/mol. The number of carbonyl (C=O) groups excluding carboxylic acids is 1. The molecule has 1 N–H and O–H groups in total. The maximum absolute atomic E-state index is 12.9. The summed E-state index contributed by atoms with van der Waals surface area (Å²) >= 11 is 0. The maximum Gasteiger partial charge on any atom is 0.341 e. The number of aryl methyl sites for hydroxylation is 1. The molecule has 1 aliphatic rings. The van der Waals surface area contributed by atoms with Crippen molar-refractivity contribution in [3.63, 3.8) is 0 Å². The number of nitrogens with zero attached hydrogens (tertiary/aromatic N) is 1. The molecule has 0 amide bonds. The van der Waals surface area contributed by atoms with E-state index in [2.05, 4.69) is 9.88 Å². The van der Waals surface area contributed by atoms with E-state index in [9.17, 15) is 4.79 Å². The van der Waals surface area contributed by atoms with Crippen molar-refractivity contribution in [2.45, 2.75) is 32.8 Å². The average Bonchev–Trinajstić information content (AvgIpc) is 3.35. The highest BCUT2D eigenvalue weighted by atomic mass is 35.5. The lowest BCUT2D eigenvalue weighted by molar-refractivity contribution is 0.0339. The number of aromatic amines is 1. The first-order chi connectivity index (χ1) is 14.1. The summed E-state index contributed by atoms with van der Waals surface area (Å²) in [6.07, 6.45) is 2.25. The number of halogens is 1. The summed E-state index contributed by atoms with van der Waals surface area (Å²) in [6.45, 7) is 7.71. The second kappa shape index (κ2) is 10.0. The highest BCUT2D eigenvalue weighted by Crippen LogP contribution is 2.29. The number of rotatable bonds is 7. The number of likely N-dealkylation sites (tertiary alicyclic amines) is 1. The van der Waals surface area contributed by atoms with E-state index in [0.29, 0.717) is 12.2 Å². The molecule has 1 saturated heterocycles. The van der Waals surface area contributed by atoms with Gasteiger partial charge < -0.3 is 14.5 Å². The van der Waals surface area contributed by atoms with Gasteiger partial charge in [0.15, 0.2) is 0 Å². The summed E-state index contributed by atoms with van der Waals surface area (Å²) in [5, 5.41) is 0.839. The monoisotopic (exact) mass is 428 g/mol. The molecule has 30 heavy (non-hydrogen) atoms. The molecule has 4 rings (SSSR count). The van der Waals surface area contributed by atoms with Gasteiger partial charge in [0.1, 0.15) is 18.5 Å². The number of carbonyl (C=O) groups is 1. The van der Waals surface area contributed by atoms with Crippen LogP contribution < -0.4 is 4.74 Å². The van der Waals surface area contributed by atoms with Crippen LogP contribution in [-0.4, -0.2) is 42.1 Å². The number of benzene rings is 2. The van der Waals surface area contributed by atoms with Crippen molar-refractivity contribution >= 4 is 29.3 Å². The van der Waals surface area contributed by atoms with Crippen molar-refractivity contribution in [2.75, 3.05) is 26.2 Å². The molecule has 0 saturated carbocycles. The van der Waals surface area contributed by atoms with Gasteiger partial charge in [-0.2, -0.15) is 0 Å². The van der Waals surface area contributed by atoms with Gasteiger partial charge in [-0.15, -0.1) is 12.4 Å². The van der Waals surface area contributed by atoms with Crippen LogP contribution >= 0.6 is 12.4 Å². The minimum atomic E-state index is -0.320. The standard InChI is InChI=1S/C24H28N2O3.ClH/c1-17-23(24(27)29-18(2)19-8-4-3-5-9-19)21-16-20(10-11-22(21)25-17)28-15-14-26-12-6-7-13-26;/h3-5,8-11,16,18,25H,6-7,12-15H2,1-2H3;1H. The van der Waals surface area contributed by atoms with E-state index < -0.39 is 0 Å². The Bertz CT molecular complexity index is 981. The van der Waals surface area contributed by atoms with Gasteiger partial charge >= 0.3 is 5.97 Å². The van der Waals surface area contributed by atoms with Crippen LogP contribution in [0.4, 0.5) is 0 Å². The van der Waals surface area contributed by atoms with Crippen molar-refractivity contribution in [3.8, 4) is 5.75 Å². The molecule has 2 heterocycles. The van der Waals surface area contributed by atoms with E-state index in [1.165, 1.54) is 12.8 Å². The van der Waals surface area contributed by atoms with Crippen molar-refractivity contribution in [2.24, 2.45) is 0 Å². The molecule has 2 aromatic carbocycles. The smallest absolute Gasteiger partial charge is 0.341 e. The number of ether oxygens (including phenoxy) is 2. The second-order valence-corrected chi connectivity index (χ2v) is 7.69. The SMILES string of the molecule is Cc1[nH]c2ccc(OCCN3CCCC3)cc2c1C(=O)OC(C)c1ccccc1.Cl. The molecule has 3 aromatic rings. The van der Waals surface area contributed by atoms with E-state index in [4.69, 9.17) is 9.47 Å². The largest absolute Gasteiger partial charge is 0.492 e. The van der Waals surface area contributed by atoms with E-state index in [1.807, 2.05) is 62.4 Å². The van der Waals surface area contributed by atoms with Gasteiger partial charge in [-0.25, -0.2) is 4.79 Å². The Morgan fingerprint density at radius 3 is 2.60 bits per heavy atom. The Kier molecular flexibility index (Phi) is 7.40. The lowest BCUT2D eigenvalue weighted by Crippen LogP contribution is -2.25. The van der Waals surface area contributed by atoms with Crippen molar-refractivity contribution in [3.05, 3.63) is 65.4 Å². The van der Waals surface area contributed by atoms with Gasteiger partial charge in [0.2, 0.25) is 0 Å². The van der Waals surface area contributed by atoms with Crippen LogP contribution in [0.25, 0.3) is 10.9 Å². The first-order valence-electron chi connectivity index (χ1n) is 10.4. The summed E-state index contributed by atoms with van der Waals surface area (Å²) in [6, 6.07) is 15.6. The molecule has 0 radical (unpaired) electrons. The van der Waals surface area contributed by atoms with Crippen LogP contribution in [0.1, 0.15) is 47.5 Å². The Hall–Kier alpha value is -2.50. The van der Waals surface area contributed by atoms with Gasteiger partial charge in [0.05, 0.1) is 5.56 Å². The molecule has 1 fully saturated rings. The molecule has 0 bridgehead atoms. The highest BCUT2D eigenvalue weighted by Gasteiger charge is 2.21. The van der Waals surface area contributed by atoms with Crippen LogP contribution in [0.15, 0.2) is 48.5 Å². The fourth-order valence-electron chi connectivity index (χ4n) is 3.97. The van der Waals surface area contributed by atoms with Crippen molar-refractivity contribution < 1.29 is 14.3 Å². The number of fused-ring (bicyclic) bond motifs is 1. The summed E-state index contributed by atoms with van der Waals surface area (Å²) in [5.41, 5.74) is 3.27. The maximum atomic E-state index is 12.9. The predicted octanol–water partition coefficient (Wildman–Crippen LogP) is 5.29. The molecule has 1 aromatic heterocycles. The molecule has 1 atom stereocenters. The number of H-pyrrole nitrogens is 1. The molecule has 1 unspecified atom stereocenters. The second-order valence-electron chi connectivity index (χ2n) is 7.69. The Balaban J connectivity index is 0.00000256. The van der Waals surface area contributed by atoms with Crippen LogP contribution in [0.3, 0.4) is 0 Å². The Morgan fingerprint density at radius 1 is 1.13 bits per heavy atom. The molecule has 160 valence electrons. The molecular formula is C24H29ClN2O3. The average molecular weight is 429 g/mol. The van der Waals surface area contributed by atoms with E-state index >= 15 is 0 Å². The molecule has 0 aliphatic carbocycles. The Morgan fingerprint density at radius 2 is 1.87 bits per heavy atom. The van der Waals surface area contributed by atoms with Crippen LogP contribution in [-0.2, 0) is 4.74 Å². The fourth-order valence-corrected chi connectivity index (χ4v) is 3.97. The van der Waals surface area contributed by atoms with Gasteiger partial charge in [0, 0.05) is 23.1 Å². The van der Waals surface area contributed by atoms with E-state index in [-0.39, 0.29) is 24.5 Å². The van der Waals surface area contributed by atoms with Crippen molar-refractivity contribution in [1.82, 2.24) is 9.88 Å². The highest BCUT2D eigenvalue weighted by molar-refractivity contribution is 6.06. The number of nitrogens with one attached hydrogen (secondary N) is 1. The van der Waals surface area contributed by atoms with E-state index in [1.54, 1.807) is 0 Å². The topological polar surface area (TPSA) is 54.6 Å². The zero-order valence-corrected chi connectivity index (χ0v) is 18.3. The summed E-state index contributed by atoms with van der Waals surface area (Å²) in [4.78, 5) is 18.6. The third kappa shape index (κ3) is 4.97. The minimum Gasteiger partial charge on any atom is -0.492 e. The van der Waals surface area contributed by atoms with Crippen LogP contribution in [0.5, 0.6) is 5.75 Å². The first kappa shape index (κ1) is 22.2. The number of hydrogen-bond acceptors (Lipinski definition) is 4. The van der Waals surface area contributed by atoms with Gasteiger partial charge in [-0.05, 0) is 63.5 Å². The van der Waals surface area contributed by atoms with Gasteiger partial charge in [-0.3, -0.25) is 4.90 Å². The van der Waals surface area contributed by atoms with Gasteiger partial charge in [-0.1, -0.05) is 30.3 Å². The van der Waals surface area contributed by atoms with Crippen molar-refractivity contribution in [1.29, 1.82) is 0 Å². The normalized spacial score (nSPS) is 15.0. The first-order valence-corrected chi connectivity index (χ1v) is 10.4. The number of esters is 1. The molecule has 1 aliphatic heterocycles. The minimum absolute atomic E-state index is 0. The zero-order valence-electron chi connectivity index (χ0n) is 17.5. The number of hydrogen-bond donors (Lipinski definition) is 1. The van der Waals surface area contributed by atoms with Gasteiger partial charge in [0.25, 0.3) is 0 Å². The molecule has 6 heteroatoms. The quantitative estimate of drug-likeness (QED) is 0.519. The Labute approximate surface area is 183 Å². The van der Waals surface area contributed by atoms with Crippen LogP contribution in [0.2, 0.25) is 0 Å². The fraction of sp³-hybridized carbons (Fsp3) is 0.375. The van der Waals surface area contributed by atoms with E-state index in [0.717, 1.165) is 47.5 Å². The van der Waals surface area contributed by atoms with Crippen LogP contribution in [0, 0.1) is 6.92 Å². The lowest BCUT2D eigenvalue weighted by Gasteiger charge is -2.15. The summed E-state index contributed by atoms with van der Waals surface area (Å²) in [5.74, 6) is 0.458.